The van der Waals surface area contributed by atoms with Crippen LogP contribution in [-0.4, -0.2) is 86.6 Å². The second kappa shape index (κ2) is 13.2. The number of nitrogens with one attached hydrogen (secondary N) is 2. The third kappa shape index (κ3) is 8.34. The maximum Gasteiger partial charge on any atom is 0.326 e. The molecular weight excluding hydrogens is 476 g/mol. The number of rotatable bonds is 13. The molecule has 7 N–H and O–H groups in total. The van der Waals surface area contributed by atoms with Crippen molar-refractivity contribution in [2.24, 2.45) is 5.73 Å². The van der Waals surface area contributed by atoms with E-state index in [9.17, 15) is 33.9 Å². The molecule has 0 aliphatic carbocycles. The van der Waals surface area contributed by atoms with Gasteiger partial charge in [-0.25, -0.2) is 4.79 Å². The maximum absolute atomic E-state index is 13.5. The topological polar surface area (TPSA) is 216 Å². The number of carbonyl (C=O) groups excluding carboxylic acids is 3. The summed E-state index contributed by atoms with van der Waals surface area (Å²) in [7, 11) is 0. The van der Waals surface area contributed by atoms with Crippen molar-refractivity contribution in [2.75, 3.05) is 6.54 Å². The Hall–Kier alpha value is -4.00. The molecule has 0 saturated carbocycles. The number of carboxylic acid groups (broad SMARTS) is 3. The van der Waals surface area contributed by atoms with Crippen LogP contribution in [0.2, 0.25) is 0 Å². The van der Waals surface area contributed by atoms with Crippen LogP contribution in [0.3, 0.4) is 0 Å². The molecule has 1 aromatic carbocycles. The molecule has 1 saturated heterocycles. The van der Waals surface area contributed by atoms with Crippen LogP contribution in [-0.2, 0) is 35.2 Å². The number of carbonyl (C=O) groups is 6. The number of nitrogens with two attached hydrogens (primary N) is 1. The summed E-state index contributed by atoms with van der Waals surface area (Å²) < 4.78 is 0. The summed E-state index contributed by atoms with van der Waals surface area (Å²) in [6.45, 7) is 0.173. The number of carboxylic acids is 3. The molecule has 0 aromatic heterocycles. The van der Waals surface area contributed by atoms with Crippen LogP contribution in [0.4, 0.5) is 0 Å². The molecule has 1 aliphatic rings. The lowest BCUT2D eigenvalue weighted by Gasteiger charge is -2.30. The van der Waals surface area contributed by atoms with E-state index in [1.165, 1.54) is 4.90 Å². The van der Waals surface area contributed by atoms with Crippen molar-refractivity contribution < 1.29 is 44.1 Å². The van der Waals surface area contributed by atoms with Gasteiger partial charge in [0.1, 0.15) is 18.1 Å². The van der Waals surface area contributed by atoms with E-state index in [2.05, 4.69) is 10.6 Å². The Kier molecular flexibility index (Phi) is 10.3. The van der Waals surface area contributed by atoms with Crippen LogP contribution in [0, 0.1) is 0 Å². The molecule has 0 bridgehead atoms. The highest BCUT2D eigenvalue weighted by Gasteiger charge is 2.39. The first-order valence-corrected chi connectivity index (χ1v) is 11.4. The summed E-state index contributed by atoms with van der Waals surface area (Å²) in [6, 6.07) is 3.70. The van der Waals surface area contributed by atoms with Crippen molar-refractivity contribution in [3.63, 3.8) is 0 Å². The first kappa shape index (κ1) is 28.2. The lowest BCUT2D eigenvalue weighted by atomic mass is 10.0. The van der Waals surface area contributed by atoms with Gasteiger partial charge in [-0.1, -0.05) is 30.3 Å². The van der Waals surface area contributed by atoms with E-state index in [1.54, 1.807) is 30.3 Å². The van der Waals surface area contributed by atoms with Gasteiger partial charge in [0.25, 0.3) is 0 Å². The Labute approximate surface area is 206 Å². The van der Waals surface area contributed by atoms with Gasteiger partial charge in [0.15, 0.2) is 0 Å². The predicted molar refractivity (Wildman–Crippen MR) is 123 cm³/mol. The van der Waals surface area contributed by atoms with Crippen molar-refractivity contribution in [3.8, 4) is 0 Å². The summed E-state index contributed by atoms with van der Waals surface area (Å²) in [5.74, 6) is -6.09. The molecule has 0 radical (unpaired) electrons. The lowest BCUT2D eigenvalue weighted by Crippen LogP contribution is -2.57. The highest BCUT2D eigenvalue weighted by molar-refractivity contribution is 5.95. The molecule has 1 heterocycles. The Morgan fingerprint density at radius 2 is 1.64 bits per heavy atom. The molecule has 0 spiro atoms. The van der Waals surface area contributed by atoms with E-state index < -0.39 is 72.6 Å². The number of nitrogens with zero attached hydrogens (tertiary/aromatic N) is 1. The first-order chi connectivity index (χ1) is 17.0. The zero-order chi connectivity index (χ0) is 26.8. The van der Waals surface area contributed by atoms with Crippen LogP contribution in [0.5, 0.6) is 0 Å². The van der Waals surface area contributed by atoms with Gasteiger partial charge in [-0.05, 0) is 24.8 Å². The monoisotopic (exact) mass is 506 g/mol. The Bertz CT molecular complexity index is 985. The van der Waals surface area contributed by atoms with E-state index in [4.69, 9.17) is 15.9 Å². The molecule has 196 valence electrons. The number of hydrogen-bond acceptors (Lipinski definition) is 7. The van der Waals surface area contributed by atoms with E-state index in [-0.39, 0.29) is 25.8 Å². The summed E-state index contributed by atoms with van der Waals surface area (Å²) in [5, 5.41) is 31.8. The normalized spacial score (nSPS) is 17.5. The molecule has 3 amide bonds. The molecule has 13 nitrogen and oxygen atoms in total. The van der Waals surface area contributed by atoms with Crippen molar-refractivity contribution >= 4 is 35.6 Å². The standard InChI is InChI=1S/C23H30N4O9/c24-14(12-19(30)31)20(32)26-16(11-13-5-2-1-3-6-13)22(34)27-10-4-7-17(27)21(33)25-15(23(35)36)8-9-18(28)29/h1-3,5-6,14-17H,4,7-12,24H2,(H,25,33)(H,26,32)(H,28,29)(H,30,31)(H,35,36)/t14-,15-,16-,17-/m0/s1. The molecule has 4 atom stereocenters. The molecule has 1 aliphatic heterocycles. The quantitative estimate of drug-likeness (QED) is 0.190. The van der Waals surface area contributed by atoms with Crippen molar-refractivity contribution in [1.29, 1.82) is 0 Å². The molecular formula is C23H30N4O9. The summed E-state index contributed by atoms with van der Waals surface area (Å²) >= 11 is 0. The third-order valence-corrected chi connectivity index (χ3v) is 5.73. The highest BCUT2D eigenvalue weighted by Crippen LogP contribution is 2.20. The minimum absolute atomic E-state index is 0.0480. The summed E-state index contributed by atoms with van der Waals surface area (Å²) in [5.41, 5.74) is 6.34. The molecule has 1 aromatic rings. The van der Waals surface area contributed by atoms with Gasteiger partial charge in [0.2, 0.25) is 17.7 Å². The SMILES string of the molecule is N[C@@H](CC(=O)O)C(=O)N[C@@H](Cc1ccccc1)C(=O)N1CCC[C@H]1C(=O)N[C@@H](CCC(=O)O)C(=O)O. The second-order valence-electron chi connectivity index (χ2n) is 8.48. The third-order valence-electron chi connectivity index (χ3n) is 5.73. The average molecular weight is 507 g/mol. The first-order valence-electron chi connectivity index (χ1n) is 11.4. The Balaban J connectivity index is 2.19. The fourth-order valence-corrected chi connectivity index (χ4v) is 3.91. The van der Waals surface area contributed by atoms with Gasteiger partial charge in [-0.15, -0.1) is 0 Å². The van der Waals surface area contributed by atoms with Crippen LogP contribution in [0.25, 0.3) is 0 Å². The zero-order valence-corrected chi connectivity index (χ0v) is 19.5. The van der Waals surface area contributed by atoms with Gasteiger partial charge in [0, 0.05) is 19.4 Å². The van der Waals surface area contributed by atoms with Crippen LogP contribution < -0.4 is 16.4 Å². The van der Waals surface area contributed by atoms with Crippen LogP contribution in [0.1, 0.15) is 37.7 Å². The number of hydrogen-bond donors (Lipinski definition) is 6. The van der Waals surface area contributed by atoms with Gasteiger partial charge in [-0.3, -0.25) is 24.0 Å². The predicted octanol–water partition coefficient (Wildman–Crippen LogP) is -1.06. The van der Waals surface area contributed by atoms with Gasteiger partial charge >= 0.3 is 17.9 Å². The molecule has 2 rings (SSSR count). The number of likely N-dealkylation sites (tertiary alicyclic amines) is 1. The van der Waals surface area contributed by atoms with Crippen molar-refractivity contribution in [2.45, 2.75) is 62.7 Å². The van der Waals surface area contributed by atoms with Crippen molar-refractivity contribution in [3.05, 3.63) is 35.9 Å². The summed E-state index contributed by atoms with van der Waals surface area (Å²) in [6.07, 6.45) is -0.696. The molecule has 13 heteroatoms. The summed E-state index contributed by atoms with van der Waals surface area (Å²) in [4.78, 5) is 73.2. The molecule has 1 fully saturated rings. The molecule has 36 heavy (non-hydrogen) atoms. The number of benzene rings is 1. The van der Waals surface area contributed by atoms with Crippen LogP contribution in [0.15, 0.2) is 30.3 Å². The van der Waals surface area contributed by atoms with Crippen molar-refractivity contribution in [1.82, 2.24) is 15.5 Å². The Morgan fingerprint density at radius 1 is 0.972 bits per heavy atom. The van der Waals surface area contributed by atoms with E-state index in [0.29, 0.717) is 12.0 Å². The number of aliphatic carboxylic acids is 3. The zero-order valence-electron chi connectivity index (χ0n) is 19.5. The molecule has 0 unspecified atom stereocenters. The minimum atomic E-state index is -1.44. The van der Waals surface area contributed by atoms with Gasteiger partial charge in [-0.2, -0.15) is 0 Å². The van der Waals surface area contributed by atoms with Gasteiger partial charge < -0.3 is 36.6 Å². The fourth-order valence-electron chi connectivity index (χ4n) is 3.91. The smallest absolute Gasteiger partial charge is 0.326 e. The van der Waals surface area contributed by atoms with E-state index >= 15 is 0 Å². The second-order valence-corrected chi connectivity index (χ2v) is 8.48. The average Bonchev–Trinajstić information content (AvgIpc) is 3.30. The maximum atomic E-state index is 13.5. The number of amides is 3. The van der Waals surface area contributed by atoms with E-state index in [0.717, 1.165) is 0 Å². The fraction of sp³-hybridized carbons (Fsp3) is 0.478. The van der Waals surface area contributed by atoms with Gasteiger partial charge in [0.05, 0.1) is 12.5 Å². The highest BCUT2D eigenvalue weighted by atomic mass is 16.4. The van der Waals surface area contributed by atoms with E-state index in [1.807, 2.05) is 0 Å². The Morgan fingerprint density at radius 3 is 2.22 bits per heavy atom. The largest absolute Gasteiger partial charge is 0.481 e. The minimum Gasteiger partial charge on any atom is -0.481 e. The van der Waals surface area contributed by atoms with Crippen LogP contribution >= 0.6 is 0 Å². The lowest BCUT2D eigenvalue weighted by molar-refractivity contribution is -0.145.